The van der Waals surface area contributed by atoms with Gasteiger partial charge in [-0.3, -0.25) is 0 Å². The molecule has 1 nitrogen and oxygen atoms in total. The second kappa shape index (κ2) is 38.0. The van der Waals surface area contributed by atoms with Gasteiger partial charge >= 0.3 is 50.5 Å². The SMILES string of the molecule is C.CCCC.CCCO.I[I-]I. The first-order valence-electron chi connectivity index (χ1n) is 3.72. The van der Waals surface area contributed by atoms with Crippen LogP contribution in [0.15, 0.2) is 0 Å². The van der Waals surface area contributed by atoms with Crippen molar-refractivity contribution in [1.82, 2.24) is 0 Å². The molecule has 0 radical (unpaired) electrons. The van der Waals surface area contributed by atoms with Crippen molar-refractivity contribution in [3.63, 3.8) is 0 Å². The molecule has 0 fully saturated rings. The fraction of sp³-hybridized carbons (Fsp3) is 1.00. The molecule has 0 aromatic carbocycles. The van der Waals surface area contributed by atoms with E-state index in [9.17, 15) is 0 Å². The number of aliphatic hydroxyl groups excluding tert-OH is 1. The quantitative estimate of drug-likeness (QED) is 0.555. The Bertz CT molecular complexity index is 29.5. The molecule has 4 heteroatoms. The van der Waals surface area contributed by atoms with Crippen molar-refractivity contribution in [1.29, 1.82) is 0 Å². The minimum absolute atomic E-state index is 0. The van der Waals surface area contributed by atoms with Crippen LogP contribution in [0.4, 0.5) is 0 Å². The van der Waals surface area contributed by atoms with Crippen molar-refractivity contribution in [3.05, 3.63) is 0 Å². The summed E-state index contributed by atoms with van der Waals surface area (Å²) in [5.41, 5.74) is 0. The number of hydrogen-bond donors (Lipinski definition) is 1. The maximum atomic E-state index is 7.88. The van der Waals surface area contributed by atoms with E-state index in [1.165, 1.54) is 12.8 Å². The fourth-order valence-electron chi connectivity index (χ4n) is 0. The first-order valence-corrected chi connectivity index (χ1v) is 16.3. The number of unbranched alkanes of at least 4 members (excludes halogenated alkanes) is 1. The van der Waals surface area contributed by atoms with E-state index >= 15 is 0 Å². The molecule has 0 saturated heterocycles. The van der Waals surface area contributed by atoms with Crippen LogP contribution in [0.3, 0.4) is 0 Å². The van der Waals surface area contributed by atoms with Gasteiger partial charge < -0.3 is 5.11 Å². The average molecular weight is 515 g/mol. The van der Waals surface area contributed by atoms with Gasteiger partial charge in [-0.05, 0) is 6.42 Å². The predicted octanol–water partition coefficient (Wildman–Crippen LogP) is 1.61. The Balaban J connectivity index is -0.0000000389. The molecule has 0 saturated carbocycles. The maximum absolute atomic E-state index is 7.88. The molecule has 0 unspecified atom stereocenters. The van der Waals surface area contributed by atoms with E-state index in [2.05, 4.69) is 51.1 Å². The van der Waals surface area contributed by atoms with Crippen LogP contribution in [0.2, 0.25) is 0 Å². The van der Waals surface area contributed by atoms with E-state index in [1.807, 2.05) is 6.92 Å². The third-order valence-electron chi connectivity index (χ3n) is 0.724. The minimum atomic E-state index is 0. The third kappa shape index (κ3) is 87.7. The van der Waals surface area contributed by atoms with Crippen molar-refractivity contribution in [2.45, 2.75) is 47.5 Å². The molecular formula is C8H22I3O-. The summed E-state index contributed by atoms with van der Waals surface area (Å²) in [4.78, 5) is 0. The van der Waals surface area contributed by atoms with E-state index < -0.39 is 0 Å². The van der Waals surface area contributed by atoms with Gasteiger partial charge in [0.05, 0.1) is 0 Å². The zero-order chi connectivity index (χ0) is 9.54. The van der Waals surface area contributed by atoms with Crippen LogP contribution < -0.4 is 13.3 Å². The van der Waals surface area contributed by atoms with Gasteiger partial charge in [0.15, 0.2) is 0 Å². The number of halogens is 3. The molecule has 0 aliphatic carbocycles. The summed E-state index contributed by atoms with van der Waals surface area (Å²) in [5.74, 6) is 0. The standard InChI is InChI=1S/C4H10.C3H8O.CH4.I3/c1-3-4-2;1-2-3-4;;1-3-2/h3-4H2,1-2H3;4H,2-3H2,1H3;1H4;/q;;;-1. The Morgan fingerprint density at radius 2 is 1.17 bits per heavy atom. The normalized spacial score (nSPS) is 6.83. The van der Waals surface area contributed by atoms with Crippen LogP contribution in [0.25, 0.3) is 0 Å². The molecular weight excluding hydrogens is 493 g/mol. The molecule has 0 aromatic heterocycles. The van der Waals surface area contributed by atoms with E-state index in [-0.39, 0.29) is 7.43 Å². The summed E-state index contributed by atoms with van der Waals surface area (Å²) in [5, 5.41) is 7.88. The number of rotatable bonds is 2. The summed E-state index contributed by atoms with van der Waals surface area (Å²) in [6.07, 6.45) is 3.51. The Morgan fingerprint density at radius 3 is 1.17 bits per heavy atom. The topological polar surface area (TPSA) is 20.2 Å². The van der Waals surface area contributed by atoms with Crippen molar-refractivity contribution < 1.29 is 18.4 Å². The van der Waals surface area contributed by atoms with Crippen LogP contribution >= 0.6 is 37.2 Å². The van der Waals surface area contributed by atoms with Gasteiger partial charge in [-0.1, -0.05) is 41.0 Å². The van der Waals surface area contributed by atoms with Crippen LogP contribution in [0.5, 0.6) is 0 Å². The van der Waals surface area contributed by atoms with Gasteiger partial charge in [-0.2, -0.15) is 0 Å². The molecule has 0 aliphatic heterocycles. The zero-order valence-electron chi connectivity index (χ0n) is 7.41. The molecule has 0 amide bonds. The second-order valence-electron chi connectivity index (χ2n) is 1.78. The number of hydrogen-bond acceptors (Lipinski definition) is 1. The van der Waals surface area contributed by atoms with Gasteiger partial charge in [0.25, 0.3) is 0 Å². The molecule has 1 N–H and O–H groups in total. The van der Waals surface area contributed by atoms with Gasteiger partial charge in [0.2, 0.25) is 0 Å². The summed E-state index contributed by atoms with van der Waals surface area (Å²) < 4.78 is 0. The molecule has 0 bridgehead atoms. The van der Waals surface area contributed by atoms with Gasteiger partial charge in [0, 0.05) is 6.61 Å². The second-order valence-corrected chi connectivity index (χ2v) is 18.0. The van der Waals surface area contributed by atoms with E-state index in [0.717, 1.165) is 6.42 Å². The Labute approximate surface area is 108 Å². The van der Waals surface area contributed by atoms with Gasteiger partial charge in [0.1, 0.15) is 0 Å². The van der Waals surface area contributed by atoms with Crippen molar-refractivity contribution in [2.75, 3.05) is 6.61 Å². The molecule has 0 aliphatic rings. The molecule has 0 spiro atoms. The van der Waals surface area contributed by atoms with Crippen molar-refractivity contribution in [3.8, 4) is 0 Å². The molecule has 0 heterocycles. The molecule has 0 rings (SSSR count). The fourth-order valence-corrected chi connectivity index (χ4v) is 0. The summed E-state index contributed by atoms with van der Waals surface area (Å²) in [6, 6.07) is 0. The predicted molar refractivity (Wildman–Crippen MR) is 72.7 cm³/mol. The van der Waals surface area contributed by atoms with Crippen LogP contribution in [-0.4, -0.2) is 11.7 Å². The average Bonchev–Trinajstić information content (AvgIpc) is 2.06. The third-order valence-corrected chi connectivity index (χ3v) is 0.724. The molecule has 0 atom stereocenters. The molecule has 0 aromatic rings. The van der Waals surface area contributed by atoms with Crippen LogP contribution in [0, 0.1) is 0 Å². The van der Waals surface area contributed by atoms with E-state index in [0.29, 0.717) is 19.9 Å². The Morgan fingerprint density at radius 1 is 1.00 bits per heavy atom. The van der Waals surface area contributed by atoms with E-state index in [1.54, 1.807) is 0 Å². The van der Waals surface area contributed by atoms with Crippen molar-refractivity contribution in [2.24, 2.45) is 0 Å². The van der Waals surface area contributed by atoms with E-state index in [4.69, 9.17) is 5.11 Å². The van der Waals surface area contributed by atoms with Gasteiger partial charge in [-0.15, -0.1) is 0 Å². The molecule has 82 valence electrons. The van der Waals surface area contributed by atoms with Crippen molar-refractivity contribution >= 4 is 37.2 Å². The molecule has 12 heavy (non-hydrogen) atoms. The van der Waals surface area contributed by atoms with Crippen LogP contribution in [-0.2, 0) is 0 Å². The van der Waals surface area contributed by atoms with Crippen LogP contribution in [0.1, 0.15) is 47.5 Å². The number of aliphatic hydroxyl groups is 1. The summed E-state index contributed by atoms with van der Waals surface area (Å²) >= 11 is 5.30. The van der Waals surface area contributed by atoms with Gasteiger partial charge in [-0.25, -0.2) is 0 Å². The summed E-state index contributed by atoms with van der Waals surface area (Å²) in [6.45, 7) is 6.61. The first kappa shape index (κ1) is 23.8. The first-order chi connectivity index (χ1) is 5.24. The summed E-state index contributed by atoms with van der Waals surface area (Å²) in [7, 11) is 0. The Hall–Kier alpha value is 2.15. The Kier molecular flexibility index (Phi) is 75.2. The monoisotopic (exact) mass is 515 g/mol. The zero-order valence-corrected chi connectivity index (χ0v) is 13.9.